The molecular formula is C47H71F3N2O16. The summed E-state index contributed by atoms with van der Waals surface area (Å²) in [6.45, 7) is 1.30. The van der Waals surface area contributed by atoms with Crippen LogP contribution in [0.4, 0.5) is 13.2 Å². The molecule has 2 fully saturated rings. The molecule has 0 aliphatic carbocycles. The standard InChI is InChI=1S/C47H71F3N2O16/c1-28-15-13-11-9-7-5-3-4-6-8-10-12-14-16-33(67-45-43(62)42(51)38(60)26-65-45)23-39-41(44(63)52-27-47(48,49)50)37(59)25-46(64,68-39)24-32(55)21-36(58)34(56)18-17-30(53)20-31(54)22-40(61)66-29(2)19-35(28)57/h3-16,28-39,41-43,45,53-60,62,64H,17-27,51H2,1-2H3,(H,52,63)/b4-3+,7-5+,8-6+,11-9+,12-10+,15-13+,16-14+/t28-,29-,30?,31?,32-,33?,34?,35-,36?,37-,38+,39-,41+,42-,43+,45-,46?/m0/s1. The molecule has 386 valence electrons. The number of rotatable bonds is 4. The van der Waals surface area contributed by atoms with E-state index in [1.54, 1.807) is 92.1 Å². The minimum Gasteiger partial charge on any atom is -0.462 e. The van der Waals surface area contributed by atoms with Crippen LogP contribution >= 0.6 is 0 Å². The highest BCUT2D eigenvalue weighted by molar-refractivity contribution is 5.80. The van der Waals surface area contributed by atoms with Gasteiger partial charge in [-0.15, -0.1) is 0 Å². The number of ether oxygens (including phenoxy) is 4. The lowest BCUT2D eigenvalue weighted by Gasteiger charge is -2.45. The van der Waals surface area contributed by atoms with Crippen molar-refractivity contribution in [2.75, 3.05) is 13.2 Å². The van der Waals surface area contributed by atoms with Crippen molar-refractivity contribution in [3.63, 3.8) is 0 Å². The Labute approximate surface area is 394 Å². The number of halogens is 3. The molecule has 1 amide bonds. The third-order valence-corrected chi connectivity index (χ3v) is 11.5. The normalized spacial score (nSPS) is 42.0. The smallest absolute Gasteiger partial charge is 0.405 e. The lowest BCUT2D eigenvalue weighted by atomic mass is 9.82. The molecule has 0 aromatic rings. The summed E-state index contributed by atoms with van der Waals surface area (Å²) in [6, 6.07) is -1.21. The number of cyclic esters (lactones) is 1. The van der Waals surface area contributed by atoms with Crippen LogP contribution in [-0.2, 0) is 28.5 Å². The number of carbonyl (C=O) groups is 2. The number of amides is 1. The molecule has 2 bridgehead atoms. The van der Waals surface area contributed by atoms with Crippen molar-refractivity contribution >= 4 is 11.9 Å². The van der Waals surface area contributed by atoms with Gasteiger partial charge in [-0.25, -0.2) is 0 Å². The molecular weight excluding hydrogens is 906 g/mol. The van der Waals surface area contributed by atoms with Crippen molar-refractivity contribution in [3.05, 3.63) is 85.1 Å². The van der Waals surface area contributed by atoms with E-state index in [1.165, 1.54) is 12.2 Å². The van der Waals surface area contributed by atoms with Crippen LogP contribution in [0.1, 0.15) is 71.6 Å². The van der Waals surface area contributed by atoms with Crippen LogP contribution in [0.15, 0.2) is 85.1 Å². The molecule has 21 heteroatoms. The highest BCUT2D eigenvalue weighted by Gasteiger charge is 2.51. The Morgan fingerprint density at radius 1 is 0.735 bits per heavy atom. The Morgan fingerprint density at radius 2 is 1.32 bits per heavy atom. The molecule has 3 rings (SSSR count). The molecule has 3 aliphatic rings. The third-order valence-electron chi connectivity index (χ3n) is 11.5. The van der Waals surface area contributed by atoms with E-state index in [-0.39, 0.29) is 38.2 Å². The van der Waals surface area contributed by atoms with Gasteiger partial charge in [0.15, 0.2) is 12.1 Å². The molecule has 0 aromatic heterocycles. The minimum absolute atomic E-state index is 0.123. The van der Waals surface area contributed by atoms with Crippen LogP contribution in [0, 0.1) is 11.8 Å². The van der Waals surface area contributed by atoms with Crippen molar-refractivity contribution < 1.29 is 92.8 Å². The van der Waals surface area contributed by atoms with Crippen molar-refractivity contribution in [1.29, 1.82) is 0 Å². The summed E-state index contributed by atoms with van der Waals surface area (Å²) in [7, 11) is 0. The van der Waals surface area contributed by atoms with Crippen LogP contribution in [0.25, 0.3) is 0 Å². The van der Waals surface area contributed by atoms with Gasteiger partial charge >= 0.3 is 12.1 Å². The summed E-state index contributed by atoms with van der Waals surface area (Å²) in [5, 5.41) is 109. The quantitative estimate of drug-likeness (QED) is 0.172. The summed E-state index contributed by atoms with van der Waals surface area (Å²) in [5.74, 6) is -6.56. The molecule has 68 heavy (non-hydrogen) atoms. The molecule has 0 aromatic carbocycles. The first-order valence-electron chi connectivity index (χ1n) is 22.7. The minimum atomic E-state index is -4.83. The van der Waals surface area contributed by atoms with Crippen molar-refractivity contribution in [2.45, 2.75) is 169 Å². The first-order chi connectivity index (χ1) is 32.0. The van der Waals surface area contributed by atoms with E-state index in [4.69, 9.17) is 24.7 Å². The van der Waals surface area contributed by atoms with Crippen LogP contribution in [0.3, 0.4) is 0 Å². The molecule has 13 N–H and O–H groups in total. The van der Waals surface area contributed by atoms with E-state index in [0.717, 1.165) is 0 Å². The highest BCUT2D eigenvalue weighted by atomic mass is 19.4. The number of aliphatic hydroxyl groups is 10. The second kappa shape index (κ2) is 28.9. The number of allylic oxidation sites excluding steroid dienone is 12. The highest BCUT2D eigenvalue weighted by Crippen LogP contribution is 2.38. The Bertz CT molecular complexity index is 1740. The maximum Gasteiger partial charge on any atom is 0.405 e. The SMILES string of the molecule is C[C@H]1C[C@H](O)[C@@H](C)/C=C/C=C/C=C/C=C/C=C/C=C/C=C/C(O[C@@H]2OC[C@@H](O)[C@H](N)[C@H]2O)C[C@@H]2OC(O)(C[C@@H](O)CC(O)C(O)CCC(O)CC(O)CC(=O)O1)C[C@H](O)[C@H]2C(=O)NCC(F)(F)F. The van der Waals surface area contributed by atoms with Gasteiger partial charge in [0, 0.05) is 38.0 Å². The number of nitrogens with two attached hydrogens (primary N) is 1. The van der Waals surface area contributed by atoms with E-state index < -0.39 is 154 Å². The molecule has 0 radical (unpaired) electrons. The van der Waals surface area contributed by atoms with Crippen molar-refractivity contribution in [3.8, 4) is 0 Å². The predicted molar refractivity (Wildman–Crippen MR) is 239 cm³/mol. The van der Waals surface area contributed by atoms with Crippen LogP contribution in [-0.4, -0.2) is 174 Å². The second-order valence-electron chi connectivity index (χ2n) is 17.7. The fourth-order valence-corrected chi connectivity index (χ4v) is 7.82. The maximum absolute atomic E-state index is 13.3. The Balaban J connectivity index is 1.91. The number of fused-ring (bicyclic) bond motifs is 2. The van der Waals surface area contributed by atoms with E-state index in [0.29, 0.717) is 0 Å². The summed E-state index contributed by atoms with van der Waals surface area (Å²) >= 11 is 0. The summed E-state index contributed by atoms with van der Waals surface area (Å²) < 4.78 is 62.3. The molecule has 3 heterocycles. The van der Waals surface area contributed by atoms with E-state index in [9.17, 15) is 73.8 Å². The zero-order valence-corrected chi connectivity index (χ0v) is 38.2. The zero-order chi connectivity index (χ0) is 50.6. The molecule has 2 saturated heterocycles. The van der Waals surface area contributed by atoms with Gasteiger partial charge in [-0.05, 0) is 26.2 Å². The van der Waals surface area contributed by atoms with Gasteiger partial charge in [0.25, 0.3) is 0 Å². The predicted octanol–water partition coefficient (Wildman–Crippen LogP) is 0.671. The Kier molecular flexibility index (Phi) is 24.9. The first kappa shape index (κ1) is 58.7. The van der Waals surface area contributed by atoms with Gasteiger partial charge in [0.2, 0.25) is 5.91 Å². The van der Waals surface area contributed by atoms with Gasteiger partial charge < -0.3 is 81.1 Å². The lowest BCUT2D eigenvalue weighted by molar-refractivity contribution is -0.304. The number of hydrogen-bond donors (Lipinski definition) is 12. The van der Waals surface area contributed by atoms with E-state index in [1.807, 2.05) is 0 Å². The topological polar surface area (TPSA) is 311 Å². The average molecular weight is 977 g/mol. The summed E-state index contributed by atoms with van der Waals surface area (Å²) in [6.07, 6.45) is -2.85. The van der Waals surface area contributed by atoms with Gasteiger partial charge in [0.1, 0.15) is 18.8 Å². The molecule has 6 unspecified atom stereocenters. The molecule has 0 spiro atoms. The van der Waals surface area contributed by atoms with Crippen molar-refractivity contribution in [1.82, 2.24) is 5.32 Å². The zero-order valence-electron chi connectivity index (χ0n) is 38.2. The molecule has 17 atom stereocenters. The first-order valence-corrected chi connectivity index (χ1v) is 22.7. The van der Waals surface area contributed by atoms with Gasteiger partial charge in [-0.2, -0.15) is 13.2 Å². The Hall–Kier alpha value is -3.65. The summed E-state index contributed by atoms with van der Waals surface area (Å²) in [4.78, 5) is 25.8. The number of hydrogen-bond acceptors (Lipinski definition) is 17. The van der Waals surface area contributed by atoms with E-state index >= 15 is 0 Å². The van der Waals surface area contributed by atoms with Gasteiger partial charge in [-0.1, -0.05) is 92.0 Å². The number of alkyl halides is 3. The summed E-state index contributed by atoms with van der Waals surface area (Å²) in [5.41, 5.74) is 5.92. The Morgan fingerprint density at radius 3 is 1.93 bits per heavy atom. The maximum atomic E-state index is 13.3. The number of aliphatic hydroxyl groups excluding tert-OH is 9. The van der Waals surface area contributed by atoms with Crippen LogP contribution < -0.4 is 11.1 Å². The molecule has 0 saturated carbocycles. The average Bonchev–Trinajstić information content (AvgIpc) is 3.23. The van der Waals surface area contributed by atoms with Gasteiger partial charge in [-0.3, -0.25) is 9.59 Å². The van der Waals surface area contributed by atoms with Crippen molar-refractivity contribution in [2.24, 2.45) is 17.6 Å². The fraction of sp³-hybridized carbons (Fsp3) is 0.660. The third kappa shape index (κ3) is 21.6. The van der Waals surface area contributed by atoms with Gasteiger partial charge in [0.05, 0.1) is 86.0 Å². The number of carbonyl (C=O) groups excluding carboxylic acids is 2. The lowest BCUT2D eigenvalue weighted by Crippen LogP contribution is -2.59. The monoisotopic (exact) mass is 976 g/mol. The number of esters is 1. The molecule has 18 nitrogen and oxygen atoms in total. The fourth-order valence-electron chi connectivity index (χ4n) is 7.82. The van der Waals surface area contributed by atoms with E-state index in [2.05, 4.69) is 0 Å². The van der Waals surface area contributed by atoms with Crippen LogP contribution in [0.5, 0.6) is 0 Å². The molecule has 3 aliphatic heterocycles. The largest absolute Gasteiger partial charge is 0.462 e. The van der Waals surface area contributed by atoms with Crippen LogP contribution in [0.2, 0.25) is 0 Å². The second-order valence-corrected chi connectivity index (χ2v) is 17.7. The number of nitrogens with one attached hydrogen (secondary N) is 1.